The summed E-state index contributed by atoms with van der Waals surface area (Å²) in [7, 11) is 1.77. The highest BCUT2D eigenvalue weighted by atomic mass is 32.1. The molecular weight excluding hydrogens is 314 g/mol. The molecule has 2 amide bonds. The number of hydrogen-bond acceptors (Lipinski definition) is 6. The van der Waals surface area contributed by atoms with Crippen molar-refractivity contribution in [1.29, 1.82) is 0 Å². The van der Waals surface area contributed by atoms with Crippen LogP contribution in [0, 0.1) is 13.8 Å². The molecule has 8 heteroatoms. The van der Waals surface area contributed by atoms with Gasteiger partial charge in [-0.3, -0.25) is 0 Å². The van der Waals surface area contributed by atoms with Crippen LogP contribution < -0.4 is 5.32 Å². The Kier molecular flexibility index (Phi) is 5.35. The predicted molar refractivity (Wildman–Crippen MR) is 88.4 cm³/mol. The Morgan fingerprint density at radius 2 is 2.00 bits per heavy atom. The first-order chi connectivity index (χ1) is 10.8. The zero-order chi connectivity index (χ0) is 17.1. The molecule has 0 aliphatic heterocycles. The lowest BCUT2D eigenvalue weighted by Crippen LogP contribution is -2.38. The van der Waals surface area contributed by atoms with Crippen LogP contribution in [-0.4, -0.2) is 33.1 Å². The molecule has 1 atom stereocenters. The van der Waals surface area contributed by atoms with Gasteiger partial charge in [0.2, 0.25) is 5.89 Å². The van der Waals surface area contributed by atoms with Gasteiger partial charge in [0.25, 0.3) is 0 Å². The molecule has 1 N–H and O–H groups in total. The van der Waals surface area contributed by atoms with Crippen molar-refractivity contribution < 1.29 is 9.32 Å². The number of hydrogen-bond donors (Lipinski definition) is 1. The molecule has 0 aliphatic carbocycles. The van der Waals surface area contributed by atoms with Crippen LogP contribution in [0.25, 0.3) is 0 Å². The Labute approximate surface area is 140 Å². The second-order valence-electron chi connectivity index (χ2n) is 5.83. The van der Waals surface area contributed by atoms with Crippen LogP contribution in [0.4, 0.5) is 4.79 Å². The van der Waals surface area contributed by atoms with Crippen molar-refractivity contribution in [3.8, 4) is 0 Å². The Balaban J connectivity index is 2.00. The maximum absolute atomic E-state index is 12.3. The maximum Gasteiger partial charge on any atom is 0.318 e. The number of urea groups is 1. The van der Waals surface area contributed by atoms with Crippen molar-refractivity contribution in [1.82, 2.24) is 25.3 Å². The van der Waals surface area contributed by atoms with Crippen molar-refractivity contribution in [2.75, 3.05) is 7.05 Å². The van der Waals surface area contributed by atoms with Gasteiger partial charge < -0.3 is 14.7 Å². The molecule has 0 aliphatic rings. The molecule has 0 bridgehead atoms. The molecule has 7 nitrogen and oxygen atoms in total. The van der Waals surface area contributed by atoms with Crippen molar-refractivity contribution in [2.45, 2.75) is 53.1 Å². The van der Waals surface area contributed by atoms with Gasteiger partial charge in [0.15, 0.2) is 5.82 Å². The van der Waals surface area contributed by atoms with Crippen LogP contribution in [-0.2, 0) is 6.54 Å². The van der Waals surface area contributed by atoms with E-state index in [2.05, 4.69) is 34.3 Å². The van der Waals surface area contributed by atoms with Gasteiger partial charge in [-0.15, -0.1) is 11.3 Å². The van der Waals surface area contributed by atoms with Gasteiger partial charge in [-0.25, -0.2) is 9.78 Å². The Morgan fingerprint density at radius 3 is 2.52 bits per heavy atom. The van der Waals surface area contributed by atoms with Crippen LogP contribution in [0.5, 0.6) is 0 Å². The summed E-state index contributed by atoms with van der Waals surface area (Å²) in [5.74, 6) is 1.34. The average molecular weight is 337 g/mol. The number of aromatic nitrogens is 3. The van der Waals surface area contributed by atoms with E-state index in [1.807, 2.05) is 13.8 Å². The van der Waals surface area contributed by atoms with E-state index in [1.165, 1.54) is 0 Å². The van der Waals surface area contributed by atoms with Crippen molar-refractivity contribution in [3.05, 3.63) is 27.3 Å². The van der Waals surface area contributed by atoms with E-state index in [0.29, 0.717) is 17.6 Å². The Bertz CT molecular complexity index is 679. The van der Waals surface area contributed by atoms with Crippen molar-refractivity contribution in [3.63, 3.8) is 0 Å². The average Bonchev–Trinajstić information content (AvgIpc) is 3.09. The quantitative estimate of drug-likeness (QED) is 0.906. The first kappa shape index (κ1) is 17.4. The summed E-state index contributed by atoms with van der Waals surface area (Å²) >= 11 is 1.67. The zero-order valence-corrected chi connectivity index (χ0v) is 15.2. The monoisotopic (exact) mass is 337 g/mol. The van der Waals surface area contributed by atoms with Crippen LogP contribution in [0.2, 0.25) is 0 Å². The van der Waals surface area contributed by atoms with E-state index in [-0.39, 0.29) is 18.6 Å². The number of thiazole rings is 1. The molecule has 0 radical (unpaired) electrons. The van der Waals surface area contributed by atoms with E-state index in [4.69, 9.17) is 4.52 Å². The lowest BCUT2D eigenvalue weighted by atomic mass is 10.2. The fraction of sp³-hybridized carbons (Fsp3) is 0.600. The highest BCUT2D eigenvalue weighted by Crippen LogP contribution is 2.31. The fourth-order valence-electron chi connectivity index (χ4n) is 2.11. The zero-order valence-electron chi connectivity index (χ0n) is 14.4. The molecule has 2 heterocycles. The van der Waals surface area contributed by atoms with Gasteiger partial charge in [0.05, 0.1) is 23.3 Å². The lowest BCUT2D eigenvalue weighted by molar-refractivity contribution is 0.194. The molecule has 1 unspecified atom stereocenters. The molecule has 0 saturated carbocycles. The number of aryl methyl sites for hydroxylation is 2. The van der Waals surface area contributed by atoms with E-state index < -0.39 is 0 Å². The molecular formula is C15H23N5O2S. The van der Waals surface area contributed by atoms with E-state index >= 15 is 0 Å². The highest BCUT2D eigenvalue weighted by Gasteiger charge is 2.22. The largest absolute Gasteiger partial charge is 0.340 e. The molecule has 126 valence electrons. The standard InChI is InChI=1S/C15H23N5O2S/c1-8(2)14-17-9(3)13(23-14)10(4)20(6)15(21)16-7-12-18-11(5)22-19-12/h8,10H,7H2,1-6H3,(H,16,21). The van der Waals surface area contributed by atoms with Gasteiger partial charge in [0, 0.05) is 24.8 Å². The third-order valence-electron chi connectivity index (χ3n) is 3.59. The van der Waals surface area contributed by atoms with Gasteiger partial charge in [0.1, 0.15) is 0 Å². The molecule has 0 saturated heterocycles. The summed E-state index contributed by atoms with van der Waals surface area (Å²) in [4.78, 5) is 23.7. The summed E-state index contributed by atoms with van der Waals surface area (Å²) in [6.07, 6.45) is 0. The summed E-state index contributed by atoms with van der Waals surface area (Å²) in [6.45, 7) is 10.2. The third-order valence-corrected chi connectivity index (χ3v) is 5.22. The van der Waals surface area contributed by atoms with E-state index in [0.717, 1.165) is 15.6 Å². The maximum atomic E-state index is 12.3. The number of carbonyl (C=O) groups excluding carboxylic acids is 1. The molecule has 2 rings (SSSR count). The molecule has 0 spiro atoms. The molecule has 2 aromatic rings. The minimum atomic E-state index is -0.182. The minimum absolute atomic E-state index is 0.0491. The SMILES string of the molecule is Cc1nc(CNC(=O)N(C)C(C)c2sc(C(C)C)nc2C)no1. The van der Waals surface area contributed by atoms with Crippen molar-refractivity contribution in [2.24, 2.45) is 0 Å². The van der Waals surface area contributed by atoms with Gasteiger partial charge in [-0.2, -0.15) is 4.98 Å². The molecule has 0 fully saturated rings. The van der Waals surface area contributed by atoms with Gasteiger partial charge in [-0.05, 0) is 13.8 Å². The lowest BCUT2D eigenvalue weighted by Gasteiger charge is -2.24. The highest BCUT2D eigenvalue weighted by molar-refractivity contribution is 7.11. The molecule has 23 heavy (non-hydrogen) atoms. The van der Waals surface area contributed by atoms with E-state index in [1.54, 1.807) is 30.2 Å². The number of amides is 2. The second kappa shape index (κ2) is 7.08. The number of nitrogens with zero attached hydrogens (tertiary/aromatic N) is 4. The van der Waals surface area contributed by atoms with Crippen LogP contribution in [0.1, 0.15) is 60.0 Å². The topological polar surface area (TPSA) is 84.2 Å². The summed E-state index contributed by atoms with van der Waals surface area (Å²) < 4.78 is 4.88. The predicted octanol–water partition coefficient (Wildman–Crippen LogP) is 3.17. The first-order valence-corrected chi connectivity index (χ1v) is 8.38. The Morgan fingerprint density at radius 1 is 1.30 bits per heavy atom. The smallest absolute Gasteiger partial charge is 0.318 e. The van der Waals surface area contributed by atoms with Gasteiger partial charge >= 0.3 is 6.03 Å². The van der Waals surface area contributed by atoms with Gasteiger partial charge in [-0.1, -0.05) is 19.0 Å². The second-order valence-corrected chi connectivity index (χ2v) is 6.89. The van der Waals surface area contributed by atoms with Crippen LogP contribution >= 0.6 is 11.3 Å². The first-order valence-electron chi connectivity index (χ1n) is 7.56. The van der Waals surface area contributed by atoms with Crippen LogP contribution in [0.3, 0.4) is 0 Å². The summed E-state index contributed by atoms with van der Waals surface area (Å²) in [5, 5.41) is 7.66. The fourth-order valence-corrected chi connectivity index (χ4v) is 3.27. The molecule has 2 aromatic heterocycles. The summed E-state index contributed by atoms with van der Waals surface area (Å²) in [5.41, 5.74) is 0.986. The third kappa shape index (κ3) is 4.07. The number of carbonyl (C=O) groups is 1. The number of nitrogens with one attached hydrogen (secondary N) is 1. The van der Waals surface area contributed by atoms with E-state index in [9.17, 15) is 4.79 Å². The van der Waals surface area contributed by atoms with Crippen molar-refractivity contribution >= 4 is 17.4 Å². The normalized spacial score (nSPS) is 12.5. The minimum Gasteiger partial charge on any atom is -0.340 e. The Hall–Kier alpha value is -1.96. The van der Waals surface area contributed by atoms with Crippen LogP contribution in [0.15, 0.2) is 4.52 Å². The molecule has 0 aromatic carbocycles. The summed E-state index contributed by atoms with van der Waals surface area (Å²) in [6, 6.07) is -0.231. The number of rotatable bonds is 5.